The molecular formula is C15H19BrN2O3. The number of rotatable bonds is 4. The number of amides is 2. The largest absolute Gasteiger partial charge is 0.496 e. The minimum atomic E-state index is -0.175. The molecule has 0 spiro atoms. The van der Waals surface area contributed by atoms with Gasteiger partial charge in [-0.1, -0.05) is 0 Å². The smallest absolute Gasteiger partial charge is 0.254 e. The van der Waals surface area contributed by atoms with Crippen LogP contribution in [0.2, 0.25) is 0 Å². The van der Waals surface area contributed by atoms with E-state index in [-0.39, 0.29) is 18.4 Å². The van der Waals surface area contributed by atoms with Crippen LogP contribution in [0.25, 0.3) is 0 Å². The fourth-order valence-electron chi connectivity index (χ4n) is 2.36. The lowest BCUT2D eigenvalue weighted by atomic mass is 10.2. The summed E-state index contributed by atoms with van der Waals surface area (Å²) >= 11 is 3.36. The van der Waals surface area contributed by atoms with Gasteiger partial charge in [0.05, 0.1) is 18.1 Å². The van der Waals surface area contributed by atoms with Crippen molar-refractivity contribution in [2.24, 2.45) is 0 Å². The third kappa shape index (κ3) is 3.75. The second kappa shape index (κ2) is 6.93. The Labute approximate surface area is 133 Å². The van der Waals surface area contributed by atoms with Crippen molar-refractivity contribution in [1.29, 1.82) is 0 Å². The molecule has 0 aromatic heterocycles. The maximum Gasteiger partial charge on any atom is 0.254 e. The van der Waals surface area contributed by atoms with Crippen LogP contribution in [-0.2, 0) is 4.79 Å². The zero-order chi connectivity index (χ0) is 15.4. The molecule has 0 aliphatic carbocycles. The zero-order valence-electron chi connectivity index (χ0n) is 12.3. The lowest BCUT2D eigenvalue weighted by Crippen LogP contribution is -2.39. The molecule has 21 heavy (non-hydrogen) atoms. The molecule has 1 aliphatic rings. The molecule has 1 aliphatic heterocycles. The molecular weight excluding hydrogens is 336 g/mol. The Balaban J connectivity index is 2.01. The normalized spacial score (nSPS) is 14.1. The lowest BCUT2D eigenvalue weighted by molar-refractivity contribution is -0.130. The predicted molar refractivity (Wildman–Crippen MR) is 83.5 cm³/mol. The Hall–Kier alpha value is -1.56. The summed E-state index contributed by atoms with van der Waals surface area (Å²) in [5, 5.41) is 0. The molecule has 0 saturated carbocycles. The molecule has 1 aromatic carbocycles. The van der Waals surface area contributed by atoms with Gasteiger partial charge in [0.15, 0.2) is 0 Å². The van der Waals surface area contributed by atoms with Crippen LogP contribution in [-0.4, -0.2) is 55.4 Å². The van der Waals surface area contributed by atoms with Gasteiger partial charge in [0.25, 0.3) is 5.91 Å². The molecule has 2 rings (SSSR count). The van der Waals surface area contributed by atoms with Gasteiger partial charge in [0.2, 0.25) is 5.91 Å². The van der Waals surface area contributed by atoms with Gasteiger partial charge in [-0.25, -0.2) is 0 Å². The maximum absolute atomic E-state index is 12.3. The van der Waals surface area contributed by atoms with E-state index in [2.05, 4.69) is 15.9 Å². The highest BCUT2D eigenvalue weighted by molar-refractivity contribution is 9.10. The molecule has 114 valence electrons. The first kappa shape index (κ1) is 15.8. The van der Waals surface area contributed by atoms with E-state index in [0.717, 1.165) is 30.4 Å². The number of carbonyl (C=O) groups is 2. The summed E-state index contributed by atoms with van der Waals surface area (Å²) in [6, 6.07) is 5.13. The van der Waals surface area contributed by atoms with E-state index >= 15 is 0 Å². The highest BCUT2D eigenvalue weighted by Gasteiger charge is 2.22. The molecule has 0 N–H and O–H groups in total. The van der Waals surface area contributed by atoms with Crippen molar-refractivity contribution >= 4 is 27.7 Å². The molecule has 6 heteroatoms. The monoisotopic (exact) mass is 354 g/mol. The summed E-state index contributed by atoms with van der Waals surface area (Å²) in [4.78, 5) is 27.7. The molecule has 1 fully saturated rings. The van der Waals surface area contributed by atoms with Gasteiger partial charge in [-0.05, 0) is 47.0 Å². The fraction of sp³-hybridized carbons (Fsp3) is 0.467. The van der Waals surface area contributed by atoms with Gasteiger partial charge in [-0.15, -0.1) is 0 Å². The third-order valence-corrected chi connectivity index (χ3v) is 4.20. The summed E-state index contributed by atoms with van der Waals surface area (Å²) in [6.45, 7) is 1.71. The zero-order valence-corrected chi connectivity index (χ0v) is 13.9. The Morgan fingerprint density at radius 1 is 1.33 bits per heavy atom. The van der Waals surface area contributed by atoms with Crippen molar-refractivity contribution in [2.45, 2.75) is 12.8 Å². The molecule has 0 radical (unpaired) electrons. The number of hydrogen-bond donors (Lipinski definition) is 0. The van der Waals surface area contributed by atoms with Crippen molar-refractivity contribution in [3.05, 3.63) is 28.2 Å². The number of methoxy groups -OCH3 is 1. The second-order valence-corrected chi connectivity index (χ2v) is 5.95. The van der Waals surface area contributed by atoms with Gasteiger partial charge in [-0.3, -0.25) is 9.59 Å². The number of hydrogen-bond acceptors (Lipinski definition) is 3. The van der Waals surface area contributed by atoms with Crippen LogP contribution >= 0.6 is 15.9 Å². The summed E-state index contributed by atoms with van der Waals surface area (Å²) in [6.07, 6.45) is 2.10. The van der Waals surface area contributed by atoms with E-state index in [1.165, 1.54) is 4.90 Å². The van der Waals surface area contributed by atoms with Crippen molar-refractivity contribution in [1.82, 2.24) is 9.80 Å². The molecule has 2 amide bonds. The Bertz CT molecular complexity index is 542. The van der Waals surface area contributed by atoms with Gasteiger partial charge in [0.1, 0.15) is 5.75 Å². The predicted octanol–water partition coefficient (Wildman–Crippen LogP) is 2.15. The molecule has 1 saturated heterocycles. The van der Waals surface area contributed by atoms with Gasteiger partial charge in [-0.2, -0.15) is 0 Å². The molecule has 5 nitrogen and oxygen atoms in total. The second-order valence-electron chi connectivity index (χ2n) is 5.10. The quantitative estimate of drug-likeness (QED) is 0.832. The summed E-state index contributed by atoms with van der Waals surface area (Å²) < 4.78 is 5.86. The van der Waals surface area contributed by atoms with Crippen LogP contribution in [0.3, 0.4) is 0 Å². The van der Waals surface area contributed by atoms with E-state index in [0.29, 0.717) is 11.3 Å². The van der Waals surface area contributed by atoms with E-state index in [9.17, 15) is 9.59 Å². The third-order valence-electron chi connectivity index (χ3n) is 3.58. The first-order valence-electron chi connectivity index (χ1n) is 6.89. The molecule has 1 heterocycles. The van der Waals surface area contributed by atoms with Crippen LogP contribution in [0.5, 0.6) is 5.75 Å². The molecule has 0 atom stereocenters. The van der Waals surface area contributed by atoms with Crippen LogP contribution in [0.15, 0.2) is 22.7 Å². The topological polar surface area (TPSA) is 49.9 Å². The SMILES string of the molecule is COc1ccc(C(=O)N(C)CC(=O)N2CCCC2)cc1Br. The molecule has 1 aromatic rings. The highest BCUT2D eigenvalue weighted by atomic mass is 79.9. The van der Waals surface area contributed by atoms with E-state index in [1.807, 2.05) is 4.90 Å². The minimum absolute atomic E-state index is 0.0101. The Morgan fingerprint density at radius 3 is 2.57 bits per heavy atom. The van der Waals surface area contributed by atoms with Gasteiger partial charge < -0.3 is 14.5 Å². The fourth-order valence-corrected chi connectivity index (χ4v) is 2.90. The average Bonchev–Trinajstić information content (AvgIpc) is 3.00. The van der Waals surface area contributed by atoms with Crippen LogP contribution in [0.4, 0.5) is 0 Å². The lowest BCUT2D eigenvalue weighted by Gasteiger charge is -2.21. The highest BCUT2D eigenvalue weighted by Crippen LogP contribution is 2.26. The number of likely N-dealkylation sites (N-methyl/N-ethyl adjacent to an activating group) is 1. The number of likely N-dealkylation sites (tertiary alicyclic amines) is 1. The average molecular weight is 355 g/mol. The Kier molecular flexibility index (Phi) is 5.22. The number of benzene rings is 1. The van der Waals surface area contributed by atoms with Gasteiger partial charge in [0, 0.05) is 25.7 Å². The summed E-state index contributed by atoms with van der Waals surface area (Å²) in [5.41, 5.74) is 0.527. The van der Waals surface area contributed by atoms with Crippen LogP contribution < -0.4 is 4.74 Å². The first-order chi connectivity index (χ1) is 10.0. The van der Waals surface area contributed by atoms with Crippen molar-refractivity contribution in [2.75, 3.05) is 33.8 Å². The van der Waals surface area contributed by atoms with Crippen LogP contribution in [0.1, 0.15) is 23.2 Å². The molecule has 0 unspecified atom stereocenters. The maximum atomic E-state index is 12.3. The standard InChI is InChI=1S/C15H19BrN2O3/c1-17(10-14(19)18-7-3-4-8-18)15(20)11-5-6-13(21-2)12(16)9-11/h5-6,9H,3-4,7-8,10H2,1-2H3. The number of halogens is 1. The van der Waals surface area contributed by atoms with Gasteiger partial charge >= 0.3 is 0 Å². The minimum Gasteiger partial charge on any atom is -0.496 e. The van der Waals surface area contributed by atoms with Crippen molar-refractivity contribution in [3.8, 4) is 5.75 Å². The summed E-state index contributed by atoms with van der Waals surface area (Å²) in [5.74, 6) is 0.504. The van der Waals surface area contributed by atoms with E-state index in [1.54, 1.807) is 32.4 Å². The number of carbonyl (C=O) groups excluding carboxylic acids is 2. The summed E-state index contributed by atoms with van der Waals surface area (Å²) in [7, 11) is 3.22. The molecule has 0 bridgehead atoms. The van der Waals surface area contributed by atoms with E-state index < -0.39 is 0 Å². The van der Waals surface area contributed by atoms with Crippen LogP contribution in [0, 0.1) is 0 Å². The van der Waals surface area contributed by atoms with Crippen molar-refractivity contribution < 1.29 is 14.3 Å². The van der Waals surface area contributed by atoms with Crippen molar-refractivity contribution in [3.63, 3.8) is 0 Å². The number of nitrogens with zero attached hydrogens (tertiary/aromatic N) is 2. The number of ether oxygens (including phenoxy) is 1. The van der Waals surface area contributed by atoms with E-state index in [4.69, 9.17) is 4.74 Å². The Morgan fingerprint density at radius 2 is 2.00 bits per heavy atom. The first-order valence-corrected chi connectivity index (χ1v) is 7.69.